The average Bonchev–Trinajstić information content (AvgIpc) is 3.16. The van der Waals surface area contributed by atoms with Gasteiger partial charge in [0.2, 0.25) is 0 Å². The molecule has 0 saturated heterocycles. The molecule has 1 amide bonds. The fourth-order valence-electron chi connectivity index (χ4n) is 3.76. The van der Waals surface area contributed by atoms with Crippen molar-refractivity contribution < 1.29 is 4.79 Å². The van der Waals surface area contributed by atoms with Crippen LogP contribution >= 0.6 is 0 Å². The van der Waals surface area contributed by atoms with Crippen molar-refractivity contribution >= 4 is 5.91 Å². The molecule has 4 rings (SSSR count). The third-order valence-corrected chi connectivity index (χ3v) is 5.34. The molecule has 0 radical (unpaired) electrons. The molecule has 0 aliphatic rings. The van der Waals surface area contributed by atoms with Crippen molar-refractivity contribution in [2.75, 3.05) is 7.05 Å². The van der Waals surface area contributed by atoms with Crippen molar-refractivity contribution in [2.24, 2.45) is 0 Å². The molecule has 2 aromatic heterocycles. The topological polar surface area (TPSA) is 63.9 Å². The van der Waals surface area contributed by atoms with Crippen molar-refractivity contribution in [3.05, 3.63) is 107 Å². The van der Waals surface area contributed by atoms with Crippen molar-refractivity contribution in [3.63, 3.8) is 0 Å². The molecule has 4 aromatic rings. The van der Waals surface area contributed by atoms with Crippen molar-refractivity contribution in [1.82, 2.24) is 24.9 Å². The first kappa shape index (κ1) is 20.5. The number of amides is 1. The number of aromatic nitrogens is 4. The number of carbonyl (C=O) groups is 1. The highest BCUT2D eigenvalue weighted by Gasteiger charge is 2.28. The van der Waals surface area contributed by atoms with Crippen LogP contribution in [0.1, 0.15) is 44.6 Å². The molecule has 6 heteroatoms. The van der Waals surface area contributed by atoms with Crippen LogP contribution in [0.15, 0.2) is 72.9 Å². The number of hydrogen-bond acceptors (Lipinski definition) is 4. The van der Waals surface area contributed by atoms with Gasteiger partial charge in [0.05, 0.1) is 23.1 Å². The average molecular weight is 412 g/mol. The molecule has 1 unspecified atom stereocenters. The summed E-state index contributed by atoms with van der Waals surface area (Å²) in [7, 11) is 1.78. The highest BCUT2D eigenvalue weighted by molar-refractivity contribution is 5.93. The van der Waals surface area contributed by atoms with Gasteiger partial charge in [0.1, 0.15) is 0 Å². The predicted molar refractivity (Wildman–Crippen MR) is 120 cm³/mol. The molecule has 2 aromatic carbocycles. The number of nitrogens with zero attached hydrogens (tertiary/aromatic N) is 5. The van der Waals surface area contributed by atoms with Gasteiger partial charge in [-0.15, -0.1) is 5.10 Å². The summed E-state index contributed by atoms with van der Waals surface area (Å²) in [6, 6.07) is 21.4. The van der Waals surface area contributed by atoms with Gasteiger partial charge in [-0.1, -0.05) is 54.1 Å². The molecule has 0 saturated carbocycles. The van der Waals surface area contributed by atoms with Gasteiger partial charge < -0.3 is 4.90 Å². The Bertz CT molecular complexity index is 1160. The summed E-state index contributed by atoms with van der Waals surface area (Å²) in [4.78, 5) is 21.3. The van der Waals surface area contributed by atoms with Crippen LogP contribution in [0.2, 0.25) is 0 Å². The standard InChI is InChI=1S/C25H25N5O/c1-17-13-14-22(18(2)16-17)30-27-19(3)23(28-30)25(31)29(4)24(20-10-6-5-7-11-20)21-12-8-9-15-26-21/h5-16,24H,1-4H3. The van der Waals surface area contributed by atoms with Gasteiger partial charge in [-0.3, -0.25) is 9.78 Å². The third-order valence-electron chi connectivity index (χ3n) is 5.34. The summed E-state index contributed by atoms with van der Waals surface area (Å²) >= 11 is 0. The molecule has 6 nitrogen and oxygen atoms in total. The molecule has 31 heavy (non-hydrogen) atoms. The molecule has 0 bridgehead atoms. The summed E-state index contributed by atoms with van der Waals surface area (Å²) in [6.07, 6.45) is 1.74. The van der Waals surface area contributed by atoms with E-state index in [0.717, 1.165) is 22.5 Å². The van der Waals surface area contributed by atoms with Gasteiger partial charge >= 0.3 is 0 Å². The maximum Gasteiger partial charge on any atom is 0.276 e. The monoisotopic (exact) mass is 411 g/mol. The Balaban J connectivity index is 1.72. The highest BCUT2D eigenvalue weighted by atomic mass is 16.2. The second-order valence-corrected chi connectivity index (χ2v) is 7.70. The minimum Gasteiger partial charge on any atom is -0.328 e. The van der Waals surface area contributed by atoms with E-state index in [1.807, 2.05) is 81.4 Å². The van der Waals surface area contributed by atoms with E-state index < -0.39 is 0 Å². The Morgan fingerprint density at radius 1 is 0.935 bits per heavy atom. The summed E-state index contributed by atoms with van der Waals surface area (Å²) in [5.74, 6) is -0.201. The van der Waals surface area contributed by atoms with Crippen molar-refractivity contribution in [1.29, 1.82) is 0 Å². The van der Waals surface area contributed by atoms with Gasteiger partial charge in [-0.05, 0) is 50.1 Å². The number of hydrogen-bond donors (Lipinski definition) is 0. The highest BCUT2D eigenvalue weighted by Crippen LogP contribution is 2.27. The zero-order chi connectivity index (χ0) is 22.0. The Hall–Kier alpha value is -3.80. The molecule has 0 fully saturated rings. The van der Waals surface area contributed by atoms with Gasteiger partial charge in [-0.2, -0.15) is 9.90 Å². The van der Waals surface area contributed by atoms with Gasteiger partial charge in [0.15, 0.2) is 5.69 Å². The Morgan fingerprint density at radius 2 is 1.68 bits per heavy atom. The first-order valence-electron chi connectivity index (χ1n) is 10.2. The van der Waals surface area contributed by atoms with Crippen LogP contribution in [-0.2, 0) is 0 Å². The zero-order valence-corrected chi connectivity index (χ0v) is 18.1. The maximum absolute atomic E-state index is 13.5. The van der Waals surface area contributed by atoms with Crippen molar-refractivity contribution in [2.45, 2.75) is 26.8 Å². The predicted octanol–water partition coefficient (Wildman–Crippen LogP) is 4.45. The van der Waals surface area contributed by atoms with Crippen LogP contribution in [0.25, 0.3) is 5.69 Å². The minimum atomic E-state index is -0.333. The Kier molecular flexibility index (Phi) is 5.62. The lowest BCUT2D eigenvalue weighted by Crippen LogP contribution is -2.33. The van der Waals surface area contributed by atoms with E-state index in [1.165, 1.54) is 5.56 Å². The van der Waals surface area contributed by atoms with E-state index in [9.17, 15) is 4.79 Å². The first-order chi connectivity index (χ1) is 15.0. The number of aryl methyl sites for hydroxylation is 3. The Labute approximate surface area is 182 Å². The summed E-state index contributed by atoms with van der Waals surface area (Å²) in [6.45, 7) is 5.87. The summed E-state index contributed by atoms with van der Waals surface area (Å²) in [5.41, 5.74) is 5.78. The fourth-order valence-corrected chi connectivity index (χ4v) is 3.76. The number of carbonyl (C=O) groups excluding carboxylic acids is 1. The van der Waals surface area contributed by atoms with Crippen LogP contribution in [0, 0.1) is 20.8 Å². The van der Waals surface area contributed by atoms with E-state index in [0.29, 0.717) is 11.4 Å². The molecule has 0 spiro atoms. The normalized spacial score (nSPS) is 11.9. The largest absolute Gasteiger partial charge is 0.328 e. The number of rotatable bonds is 5. The van der Waals surface area contributed by atoms with E-state index in [2.05, 4.69) is 21.2 Å². The van der Waals surface area contributed by atoms with Crippen molar-refractivity contribution in [3.8, 4) is 5.69 Å². The minimum absolute atomic E-state index is 0.201. The molecule has 0 N–H and O–H groups in total. The second kappa shape index (κ2) is 8.52. The van der Waals surface area contributed by atoms with Gasteiger partial charge in [0, 0.05) is 13.2 Å². The van der Waals surface area contributed by atoms with Crippen LogP contribution < -0.4 is 0 Å². The fraction of sp³-hybridized carbons (Fsp3) is 0.200. The Morgan fingerprint density at radius 3 is 2.35 bits per heavy atom. The molecule has 2 heterocycles. The lowest BCUT2D eigenvalue weighted by molar-refractivity contribution is 0.0745. The maximum atomic E-state index is 13.5. The quantitative estimate of drug-likeness (QED) is 0.487. The van der Waals surface area contributed by atoms with Crippen LogP contribution in [0.5, 0.6) is 0 Å². The van der Waals surface area contributed by atoms with E-state index in [1.54, 1.807) is 22.9 Å². The van der Waals surface area contributed by atoms with E-state index in [4.69, 9.17) is 0 Å². The second-order valence-electron chi connectivity index (χ2n) is 7.70. The molecule has 156 valence electrons. The number of benzene rings is 2. The van der Waals surface area contributed by atoms with Crippen LogP contribution in [-0.4, -0.2) is 37.8 Å². The molecular formula is C25H25N5O. The van der Waals surface area contributed by atoms with E-state index in [-0.39, 0.29) is 11.9 Å². The molecular weight excluding hydrogens is 386 g/mol. The summed E-state index contributed by atoms with van der Waals surface area (Å²) < 4.78 is 0. The van der Waals surface area contributed by atoms with Gasteiger partial charge in [0.25, 0.3) is 5.91 Å². The third kappa shape index (κ3) is 4.10. The smallest absolute Gasteiger partial charge is 0.276 e. The number of pyridine rings is 1. The lowest BCUT2D eigenvalue weighted by Gasteiger charge is -2.27. The van der Waals surface area contributed by atoms with E-state index >= 15 is 0 Å². The first-order valence-corrected chi connectivity index (χ1v) is 10.2. The molecule has 1 atom stereocenters. The van der Waals surface area contributed by atoms with Crippen LogP contribution in [0.3, 0.4) is 0 Å². The van der Waals surface area contributed by atoms with Crippen LogP contribution in [0.4, 0.5) is 0 Å². The summed E-state index contributed by atoms with van der Waals surface area (Å²) in [5, 5.41) is 9.08. The van der Waals surface area contributed by atoms with Gasteiger partial charge in [-0.25, -0.2) is 0 Å². The lowest BCUT2D eigenvalue weighted by atomic mass is 10.0. The molecule has 0 aliphatic heterocycles. The SMILES string of the molecule is Cc1ccc(-n2nc(C)c(C(=O)N(C)C(c3ccccc3)c3ccccn3)n2)c(C)c1. The zero-order valence-electron chi connectivity index (χ0n) is 18.1. The molecule has 0 aliphatic carbocycles.